The van der Waals surface area contributed by atoms with Crippen molar-refractivity contribution in [3.63, 3.8) is 0 Å². The number of anilines is 1. The molecule has 0 spiro atoms. The molecule has 0 atom stereocenters. The van der Waals surface area contributed by atoms with E-state index in [0.717, 1.165) is 44.8 Å². The molecule has 1 saturated heterocycles. The third kappa shape index (κ3) is 4.27. The highest BCUT2D eigenvalue weighted by Crippen LogP contribution is 2.14. The molecule has 1 aromatic rings. The second-order valence-electron chi connectivity index (χ2n) is 4.60. The molecule has 18 heavy (non-hydrogen) atoms. The molecule has 0 radical (unpaired) electrons. The van der Waals surface area contributed by atoms with Crippen molar-refractivity contribution in [2.45, 2.75) is 38.9 Å². The summed E-state index contributed by atoms with van der Waals surface area (Å²) in [4.78, 5) is 4.29. The van der Waals surface area contributed by atoms with Gasteiger partial charge in [0.1, 0.15) is 5.82 Å². The number of hydrogen-bond donors (Lipinski definition) is 1. The first-order valence-electron chi connectivity index (χ1n) is 6.76. The predicted octanol–water partition coefficient (Wildman–Crippen LogP) is 2.60. The van der Waals surface area contributed by atoms with E-state index in [1.54, 1.807) is 0 Å². The SMILES string of the molecule is CCCNc1cc(COC2CCOCC2)ccn1. The quantitative estimate of drug-likeness (QED) is 0.842. The fraction of sp³-hybridized carbons (Fsp3) is 0.643. The molecule has 1 aliphatic rings. The first-order chi connectivity index (χ1) is 8.88. The second kappa shape index (κ2) is 7.34. The summed E-state index contributed by atoms with van der Waals surface area (Å²) in [6.07, 6.45) is 5.29. The third-order valence-electron chi connectivity index (χ3n) is 3.03. The molecule has 0 unspecified atom stereocenters. The van der Waals surface area contributed by atoms with Gasteiger partial charge in [-0.15, -0.1) is 0 Å². The van der Waals surface area contributed by atoms with Crippen molar-refractivity contribution in [1.82, 2.24) is 4.98 Å². The maximum atomic E-state index is 5.89. The van der Waals surface area contributed by atoms with Gasteiger partial charge in [-0.3, -0.25) is 0 Å². The number of pyridine rings is 1. The van der Waals surface area contributed by atoms with Crippen LogP contribution in [0, 0.1) is 0 Å². The highest BCUT2D eigenvalue weighted by Gasteiger charge is 2.13. The average molecular weight is 250 g/mol. The van der Waals surface area contributed by atoms with Crippen LogP contribution in [0.2, 0.25) is 0 Å². The maximum Gasteiger partial charge on any atom is 0.126 e. The van der Waals surface area contributed by atoms with Crippen LogP contribution in [0.25, 0.3) is 0 Å². The molecule has 100 valence electrons. The van der Waals surface area contributed by atoms with Crippen molar-refractivity contribution < 1.29 is 9.47 Å². The van der Waals surface area contributed by atoms with Gasteiger partial charge in [-0.1, -0.05) is 6.92 Å². The van der Waals surface area contributed by atoms with Gasteiger partial charge in [0.15, 0.2) is 0 Å². The van der Waals surface area contributed by atoms with Gasteiger partial charge >= 0.3 is 0 Å². The van der Waals surface area contributed by atoms with Crippen LogP contribution in [0.15, 0.2) is 18.3 Å². The van der Waals surface area contributed by atoms with Crippen molar-refractivity contribution in [1.29, 1.82) is 0 Å². The number of nitrogens with zero attached hydrogens (tertiary/aromatic N) is 1. The van der Waals surface area contributed by atoms with Gasteiger partial charge in [0.2, 0.25) is 0 Å². The Morgan fingerprint density at radius 2 is 2.28 bits per heavy atom. The second-order valence-corrected chi connectivity index (χ2v) is 4.60. The highest BCUT2D eigenvalue weighted by atomic mass is 16.5. The largest absolute Gasteiger partial charge is 0.381 e. The molecular formula is C14H22N2O2. The van der Waals surface area contributed by atoms with Gasteiger partial charge < -0.3 is 14.8 Å². The van der Waals surface area contributed by atoms with Gasteiger partial charge in [-0.25, -0.2) is 4.98 Å². The summed E-state index contributed by atoms with van der Waals surface area (Å²) in [5.74, 6) is 0.935. The standard InChI is InChI=1S/C14H22N2O2/c1-2-6-15-14-10-12(3-7-16-14)11-18-13-4-8-17-9-5-13/h3,7,10,13H,2,4-6,8-9,11H2,1H3,(H,15,16). The molecule has 2 rings (SSSR count). The van der Waals surface area contributed by atoms with Crippen molar-refractivity contribution in [2.24, 2.45) is 0 Å². The van der Waals surface area contributed by atoms with Crippen LogP contribution < -0.4 is 5.32 Å². The molecule has 0 bridgehead atoms. The summed E-state index contributed by atoms with van der Waals surface area (Å²) in [5.41, 5.74) is 1.18. The van der Waals surface area contributed by atoms with E-state index in [2.05, 4.69) is 23.3 Å². The van der Waals surface area contributed by atoms with Crippen molar-refractivity contribution in [3.8, 4) is 0 Å². The fourth-order valence-electron chi connectivity index (χ4n) is 1.97. The van der Waals surface area contributed by atoms with E-state index < -0.39 is 0 Å². The Labute approximate surface area is 109 Å². The first kappa shape index (κ1) is 13.3. The Morgan fingerprint density at radius 3 is 3.06 bits per heavy atom. The zero-order valence-corrected chi connectivity index (χ0v) is 11.0. The molecule has 2 heterocycles. The monoisotopic (exact) mass is 250 g/mol. The minimum Gasteiger partial charge on any atom is -0.381 e. The number of hydrogen-bond acceptors (Lipinski definition) is 4. The van der Waals surface area contributed by atoms with Crippen molar-refractivity contribution >= 4 is 5.82 Å². The topological polar surface area (TPSA) is 43.4 Å². The van der Waals surface area contributed by atoms with E-state index in [9.17, 15) is 0 Å². The lowest BCUT2D eigenvalue weighted by molar-refractivity contribution is -0.0390. The molecule has 1 aliphatic heterocycles. The van der Waals surface area contributed by atoms with Crippen LogP contribution in [0.1, 0.15) is 31.7 Å². The maximum absolute atomic E-state index is 5.89. The van der Waals surface area contributed by atoms with E-state index in [0.29, 0.717) is 12.7 Å². The molecular weight excluding hydrogens is 228 g/mol. The molecule has 0 saturated carbocycles. The third-order valence-corrected chi connectivity index (χ3v) is 3.03. The summed E-state index contributed by atoms with van der Waals surface area (Å²) in [7, 11) is 0. The zero-order valence-electron chi connectivity index (χ0n) is 11.0. The first-order valence-corrected chi connectivity index (χ1v) is 6.76. The number of ether oxygens (including phenoxy) is 2. The van der Waals surface area contributed by atoms with Crippen molar-refractivity contribution in [2.75, 3.05) is 25.1 Å². The van der Waals surface area contributed by atoms with Gasteiger partial charge in [0.25, 0.3) is 0 Å². The molecule has 0 amide bonds. The molecule has 1 aromatic heterocycles. The fourth-order valence-corrected chi connectivity index (χ4v) is 1.97. The van der Waals surface area contributed by atoms with Crippen molar-refractivity contribution in [3.05, 3.63) is 23.9 Å². The van der Waals surface area contributed by atoms with Crippen LogP contribution in [0.3, 0.4) is 0 Å². The van der Waals surface area contributed by atoms with Gasteiger partial charge in [-0.05, 0) is 37.0 Å². The minimum atomic E-state index is 0.346. The number of rotatable bonds is 6. The summed E-state index contributed by atoms with van der Waals surface area (Å²) >= 11 is 0. The molecule has 1 N–H and O–H groups in total. The molecule has 1 fully saturated rings. The number of nitrogens with one attached hydrogen (secondary N) is 1. The van der Waals surface area contributed by atoms with Crippen LogP contribution in [0.4, 0.5) is 5.82 Å². The Bertz CT molecular complexity index is 351. The van der Waals surface area contributed by atoms with E-state index in [4.69, 9.17) is 9.47 Å². The van der Waals surface area contributed by atoms with Gasteiger partial charge in [0.05, 0.1) is 12.7 Å². The summed E-state index contributed by atoms with van der Waals surface area (Å²) in [5, 5.41) is 3.29. The number of aromatic nitrogens is 1. The molecule has 0 aromatic carbocycles. The normalized spacial score (nSPS) is 16.7. The molecule has 4 nitrogen and oxygen atoms in total. The minimum absolute atomic E-state index is 0.346. The Kier molecular flexibility index (Phi) is 5.42. The smallest absolute Gasteiger partial charge is 0.126 e. The summed E-state index contributed by atoms with van der Waals surface area (Å²) in [6, 6.07) is 4.07. The Hall–Kier alpha value is -1.13. The van der Waals surface area contributed by atoms with E-state index in [-0.39, 0.29) is 0 Å². The van der Waals surface area contributed by atoms with Gasteiger partial charge in [-0.2, -0.15) is 0 Å². The lowest BCUT2D eigenvalue weighted by atomic mass is 10.1. The van der Waals surface area contributed by atoms with Crippen LogP contribution in [0.5, 0.6) is 0 Å². The lowest BCUT2D eigenvalue weighted by Crippen LogP contribution is -2.23. The average Bonchev–Trinajstić information content (AvgIpc) is 2.44. The van der Waals surface area contributed by atoms with Crippen LogP contribution >= 0.6 is 0 Å². The Morgan fingerprint density at radius 1 is 1.44 bits per heavy atom. The molecule has 4 heteroatoms. The van der Waals surface area contributed by atoms with E-state index in [1.807, 2.05) is 12.3 Å². The predicted molar refractivity (Wildman–Crippen MR) is 71.6 cm³/mol. The van der Waals surface area contributed by atoms with E-state index >= 15 is 0 Å². The Balaban J connectivity index is 1.80. The van der Waals surface area contributed by atoms with Crippen LogP contribution in [-0.4, -0.2) is 30.8 Å². The highest BCUT2D eigenvalue weighted by molar-refractivity contribution is 5.37. The molecule has 0 aliphatic carbocycles. The van der Waals surface area contributed by atoms with E-state index in [1.165, 1.54) is 5.56 Å². The summed E-state index contributed by atoms with van der Waals surface area (Å²) in [6.45, 7) is 5.41. The van der Waals surface area contributed by atoms with Gasteiger partial charge in [0, 0.05) is 26.0 Å². The summed E-state index contributed by atoms with van der Waals surface area (Å²) < 4.78 is 11.2. The lowest BCUT2D eigenvalue weighted by Gasteiger charge is -2.22. The zero-order chi connectivity index (χ0) is 12.6. The van der Waals surface area contributed by atoms with Crippen LogP contribution in [-0.2, 0) is 16.1 Å².